The van der Waals surface area contributed by atoms with Crippen molar-refractivity contribution in [1.29, 1.82) is 0 Å². The molecule has 0 aromatic heterocycles. The minimum absolute atomic E-state index is 0.0819. The highest BCUT2D eigenvalue weighted by molar-refractivity contribution is 5.51. The fourth-order valence-electron chi connectivity index (χ4n) is 6.54. The van der Waals surface area contributed by atoms with Crippen molar-refractivity contribution in [3.63, 3.8) is 0 Å². The lowest BCUT2D eigenvalue weighted by Crippen LogP contribution is -2.40. The standard InChI is InChI=1S/C28H37NO3/c1-30-27(31-2)23-12-17-29(18-13-23)24-9-7-22(8-10-24)26-25-6-4-3-5-21(25)11-14-28(26)15-19-32-20-16-28/h3-10,23,26-27H,11-20H2,1-2H3/t26-/m1/s1. The molecule has 2 aromatic rings. The van der Waals surface area contributed by atoms with Gasteiger partial charge in [0.2, 0.25) is 0 Å². The number of ether oxygens (including phenoxy) is 3. The first kappa shape index (κ1) is 21.9. The summed E-state index contributed by atoms with van der Waals surface area (Å²) in [5.74, 6) is 0.952. The lowest BCUT2D eigenvalue weighted by molar-refractivity contribution is -0.141. The van der Waals surface area contributed by atoms with Gasteiger partial charge in [0.15, 0.2) is 6.29 Å². The van der Waals surface area contributed by atoms with Crippen molar-refractivity contribution < 1.29 is 14.2 Å². The van der Waals surface area contributed by atoms with Crippen LogP contribution in [0, 0.1) is 11.3 Å². The van der Waals surface area contributed by atoms with E-state index in [-0.39, 0.29) is 6.29 Å². The van der Waals surface area contributed by atoms with Gasteiger partial charge in [0.1, 0.15) is 0 Å². The third-order valence-corrected chi connectivity index (χ3v) is 8.34. The van der Waals surface area contributed by atoms with Gasteiger partial charge in [-0.2, -0.15) is 0 Å². The van der Waals surface area contributed by atoms with Crippen molar-refractivity contribution in [1.82, 2.24) is 0 Å². The smallest absolute Gasteiger partial charge is 0.159 e. The Morgan fingerprint density at radius 2 is 1.59 bits per heavy atom. The van der Waals surface area contributed by atoms with Crippen molar-refractivity contribution in [2.75, 3.05) is 45.4 Å². The van der Waals surface area contributed by atoms with Crippen LogP contribution in [0.15, 0.2) is 48.5 Å². The van der Waals surface area contributed by atoms with Crippen LogP contribution in [0.5, 0.6) is 0 Å². The number of methoxy groups -OCH3 is 2. The first-order valence-corrected chi connectivity index (χ1v) is 12.3. The van der Waals surface area contributed by atoms with Gasteiger partial charge in [0.05, 0.1) is 0 Å². The highest BCUT2D eigenvalue weighted by atomic mass is 16.7. The number of nitrogens with zero attached hydrogens (tertiary/aromatic N) is 1. The van der Waals surface area contributed by atoms with E-state index in [1.807, 2.05) is 0 Å². The number of aryl methyl sites for hydroxylation is 1. The largest absolute Gasteiger partial charge is 0.381 e. The summed E-state index contributed by atoms with van der Waals surface area (Å²) in [7, 11) is 3.49. The SMILES string of the molecule is COC(OC)C1CCN(c2ccc([C@@H]3c4ccccc4CCC34CCOCC4)cc2)CC1. The Labute approximate surface area is 192 Å². The Balaban J connectivity index is 1.37. The predicted molar refractivity (Wildman–Crippen MR) is 128 cm³/mol. The zero-order valence-corrected chi connectivity index (χ0v) is 19.6. The van der Waals surface area contributed by atoms with Crippen LogP contribution in [0.3, 0.4) is 0 Å². The topological polar surface area (TPSA) is 30.9 Å². The molecule has 2 heterocycles. The highest BCUT2D eigenvalue weighted by Gasteiger charge is 2.44. The van der Waals surface area contributed by atoms with Gasteiger partial charge in [-0.1, -0.05) is 36.4 Å². The fourth-order valence-corrected chi connectivity index (χ4v) is 6.54. The van der Waals surface area contributed by atoms with Crippen LogP contribution in [0.2, 0.25) is 0 Å². The van der Waals surface area contributed by atoms with E-state index in [1.165, 1.54) is 42.5 Å². The molecule has 1 spiro atoms. The van der Waals surface area contributed by atoms with Gasteiger partial charge in [-0.05, 0) is 72.8 Å². The second kappa shape index (κ2) is 9.54. The second-order valence-corrected chi connectivity index (χ2v) is 9.86. The Kier molecular flexibility index (Phi) is 6.54. The van der Waals surface area contributed by atoms with Gasteiger partial charge in [-0.3, -0.25) is 0 Å². The number of fused-ring (bicyclic) bond motifs is 1. The molecule has 4 heteroatoms. The number of benzene rings is 2. The van der Waals surface area contributed by atoms with Gasteiger partial charge < -0.3 is 19.1 Å². The van der Waals surface area contributed by atoms with Crippen LogP contribution in [0.1, 0.15) is 54.7 Å². The zero-order chi connectivity index (χ0) is 22.0. The quantitative estimate of drug-likeness (QED) is 0.589. The number of piperidine rings is 1. The number of anilines is 1. The number of hydrogen-bond donors (Lipinski definition) is 0. The average Bonchev–Trinajstić information content (AvgIpc) is 2.86. The van der Waals surface area contributed by atoms with Gasteiger partial charge in [-0.15, -0.1) is 0 Å². The monoisotopic (exact) mass is 435 g/mol. The lowest BCUT2D eigenvalue weighted by Gasteiger charge is -2.48. The fraction of sp³-hybridized carbons (Fsp3) is 0.571. The molecule has 32 heavy (non-hydrogen) atoms. The van der Waals surface area contributed by atoms with Crippen LogP contribution < -0.4 is 4.90 Å². The number of rotatable bonds is 5. The van der Waals surface area contributed by atoms with E-state index >= 15 is 0 Å². The summed E-state index contributed by atoms with van der Waals surface area (Å²) in [6, 6.07) is 18.6. The molecule has 5 rings (SSSR count). The Hall–Kier alpha value is -1.88. The molecule has 0 radical (unpaired) electrons. The summed E-state index contributed by atoms with van der Waals surface area (Å²) in [6.07, 6.45) is 6.93. The maximum Gasteiger partial charge on any atom is 0.159 e. The molecule has 0 amide bonds. The van der Waals surface area contributed by atoms with Crippen LogP contribution in [0.25, 0.3) is 0 Å². The van der Waals surface area contributed by atoms with Crippen molar-refractivity contribution in [3.8, 4) is 0 Å². The van der Waals surface area contributed by atoms with E-state index in [1.54, 1.807) is 19.8 Å². The molecule has 2 aromatic carbocycles. The molecule has 0 saturated carbocycles. The normalized spacial score (nSPS) is 23.5. The summed E-state index contributed by atoms with van der Waals surface area (Å²) in [4.78, 5) is 2.52. The summed E-state index contributed by atoms with van der Waals surface area (Å²) in [6.45, 7) is 3.91. The third kappa shape index (κ3) is 4.09. The summed E-state index contributed by atoms with van der Waals surface area (Å²) >= 11 is 0. The molecule has 2 aliphatic heterocycles. The zero-order valence-electron chi connectivity index (χ0n) is 19.6. The molecule has 3 aliphatic rings. The summed E-state index contributed by atoms with van der Waals surface area (Å²) in [5.41, 5.74) is 6.22. The maximum absolute atomic E-state index is 5.78. The average molecular weight is 436 g/mol. The van der Waals surface area contributed by atoms with Crippen LogP contribution in [-0.4, -0.2) is 46.8 Å². The van der Waals surface area contributed by atoms with E-state index in [0.717, 1.165) is 39.1 Å². The van der Waals surface area contributed by atoms with E-state index in [2.05, 4.69) is 53.4 Å². The molecule has 2 fully saturated rings. The minimum Gasteiger partial charge on any atom is -0.381 e. The van der Waals surface area contributed by atoms with E-state index in [0.29, 0.717) is 17.3 Å². The molecule has 2 saturated heterocycles. The van der Waals surface area contributed by atoms with Crippen molar-refractivity contribution >= 4 is 5.69 Å². The lowest BCUT2D eigenvalue weighted by atomic mass is 9.58. The van der Waals surface area contributed by atoms with Gasteiger partial charge in [0.25, 0.3) is 0 Å². The Morgan fingerprint density at radius 3 is 2.28 bits per heavy atom. The van der Waals surface area contributed by atoms with Gasteiger partial charge in [-0.25, -0.2) is 0 Å². The molecule has 172 valence electrons. The van der Waals surface area contributed by atoms with Gasteiger partial charge >= 0.3 is 0 Å². The maximum atomic E-state index is 5.78. The Bertz CT molecular complexity index is 878. The molecule has 0 unspecified atom stereocenters. The first-order valence-electron chi connectivity index (χ1n) is 12.3. The summed E-state index contributed by atoms with van der Waals surface area (Å²) < 4.78 is 16.8. The van der Waals surface area contributed by atoms with Crippen molar-refractivity contribution in [2.45, 2.75) is 50.7 Å². The van der Waals surface area contributed by atoms with E-state index < -0.39 is 0 Å². The third-order valence-electron chi connectivity index (χ3n) is 8.34. The van der Waals surface area contributed by atoms with Crippen molar-refractivity contribution in [3.05, 3.63) is 65.2 Å². The molecule has 1 atom stereocenters. The second-order valence-electron chi connectivity index (χ2n) is 9.86. The molecule has 0 bridgehead atoms. The predicted octanol–water partition coefficient (Wildman–Crippen LogP) is 5.40. The van der Waals surface area contributed by atoms with Crippen LogP contribution in [0.4, 0.5) is 5.69 Å². The molecule has 0 N–H and O–H groups in total. The van der Waals surface area contributed by atoms with Crippen LogP contribution >= 0.6 is 0 Å². The molecular weight excluding hydrogens is 398 g/mol. The van der Waals surface area contributed by atoms with Crippen LogP contribution in [-0.2, 0) is 20.6 Å². The van der Waals surface area contributed by atoms with Gasteiger partial charge in [0, 0.05) is 58.0 Å². The minimum atomic E-state index is -0.0819. The Morgan fingerprint density at radius 1 is 0.906 bits per heavy atom. The molecule has 4 nitrogen and oxygen atoms in total. The van der Waals surface area contributed by atoms with E-state index in [9.17, 15) is 0 Å². The number of hydrogen-bond acceptors (Lipinski definition) is 4. The molecular formula is C28H37NO3. The van der Waals surface area contributed by atoms with Crippen molar-refractivity contribution in [2.24, 2.45) is 11.3 Å². The molecule has 1 aliphatic carbocycles. The van der Waals surface area contributed by atoms with E-state index in [4.69, 9.17) is 14.2 Å². The first-order chi connectivity index (χ1) is 15.7. The highest BCUT2D eigenvalue weighted by Crippen LogP contribution is 2.54. The summed E-state index contributed by atoms with van der Waals surface area (Å²) in [5, 5.41) is 0.